The first-order chi connectivity index (χ1) is 10.6. The standard InChI is InChI=1S/C16H15NO5/c1-21-10-4-2-9(3-5-10)17-14(19)12-11-6-7-16(8-18,22-11)13(12)15(17)20/h2-7,11-13,18H,8H2,1H3/t11-,12+,13-,16+/m0/s1. The number of nitrogens with zero attached hydrogens (tertiary/aromatic N) is 1. The molecule has 3 aliphatic heterocycles. The number of anilines is 1. The smallest absolute Gasteiger partial charge is 0.241 e. The van der Waals surface area contributed by atoms with E-state index in [1.807, 2.05) is 0 Å². The average molecular weight is 301 g/mol. The molecular weight excluding hydrogens is 286 g/mol. The number of ether oxygens (including phenoxy) is 2. The van der Waals surface area contributed by atoms with Gasteiger partial charge in [0.15, 0.2) is 0 Å². The highest BCUT2D eigenvalue weighted by molar-refractivity contribution is 6.23. The summed E-state index contributed by atoms with van der Waals surface area (Å²) in [5.41, 5.74) is -0.541. The quantitative estimate of drug-likeness (QED) is 0.650. The van der Waals surface area contributed by atoms with E-state index >= 15 is 0 Å². The van der Waals surface area contributed by atoms with Crippen LogP contribution in [0.2, 0.25) is 0 Å². The van der Waals surface area contributed by atoms with Crippen LogP contribution in [0.5, 0.6) is 5.75 Å². The summed E-state index contributed by atoms with van der Waals surface area (Å²) in [5, 5.41) is 9.64. The maximum absolute atomic E-state index is 12.8. The molecule has 1 aromatic rings. The summed E-state index contributed by atoms with van der Waals surface area (Å²) in [6.07, 6.45) is 3.04. The predicted molar refractivity (Wildman–Crippen MR) is 76.3 cm³/mol. The van der Waals surface area contributed by atoms with Crippen molar-refractivity contribution in [2.45, 2.75) is 11.7 Å². The molecule has 3 heterocycles. The van der Waals surface area contributed by atoms with Gasteiger partial charge in [-0.1, -0.05) is 12.2 Å². The maximum Gasteiger partial charge on any atom is 0.241 e. The molecule has 0 spiro atoms. The highest BCUT2D eigenvalue weighted by Gasteiger charge is 2.67. The van der Waals surface area contributed by atoms with E-state index in [1.54, 1.807) is 43.5 Å². The van der Waals surface area contributed by atoms with Crippen LogP contribution in [0.3, 0.4) is 0 Å². The van der Waals surface area contributed by atoms with E-state index < -0.39 is 23.5 Å². The molecule has 0 aliphatic carbocycles. The lowest BCUT2D eigenvalue weighted by atomic mass is 9.77. The van der Waals surface area contributed by atoms with Crippen LogP contribution in [0, 0.1) is 11.8 Å². The van der Waals surface area contributed by atoms with Gasteiger partial charge in [0.05, 0.1) is 37.3 Å². The molecule has 2 bridgehead atoms. The summed E-state index contributed by atoms with van der Waals surface area (Å²) < 4.78 is 10.8. The Morgan fingerprint density at radius 1 is 1.27 bits per heavy atom. The fraction of sp³-hybridized carbons (Fsp3) is 0.375. The first-order valence-corrected chi connectivity index (χ1v) is 7.11. The minimum atomic E-state index is -1.05. The summed E-state index contributed by atoms with van der Waals surface area (Å²) in [6, 6.07) is 6.76. The molecule has 1 N–H and O–H groups in total. The molecule has 6 nitrogen and oxygen atoms in total. The second kappa shape index (κ2) is 4.41. The van der Waals surface area contributed by atoms with Crippen molar-refractivity contribution in [2.24, 2.45) is 11.8 Å². The Kier molecular flexibility index (Phi) is 2.70. The van der Waals surface area contributed by atoms with Gasteiger partial charge < -0.3 is 14.6 Å². The van der Waals surface area contributed by atoms with Crippen LogP contribution >= 0.6 is 0 Å². The summed E-state index contributed by atoms with van der Waals surface area (Å²) in [7, 11) is 1.55. The first-order valence-electron chi connectivity index (χ1n) is 7.11. The van der Waals surface area contributed by atoms with Gasteiger partial charge in [-0.05, 0) is 24.3 Å². The van der Waals surface area contributed by atoms with Crippen LogP contribution in [0.15, 0.2) is 36.4 Å². The molecule has 3 aliphatic rings. The SMILES string of the molecule is COc1ccc(N2C(=O)[C@@H]3[C@@H]4C=C[C@](CO)(O4)[C@@H]3C2=O)cc1. The lowest BCUT2D eigenvalue weighted by Gasteiger charge is -2.26. The van der Waals surface area contributed by atoms with Crippen molar-refractivity contribution >= 4 is 17.5 Å². The van der Waals surface area contributed by atoms with E-state index in [9.17, 15) is 14.7 Å². The largest absolute Gasteiger partial charge is 0.497 e. The Balaban J connectivity index is 1.72. The van der Waals surface area contributed by atoms with Gasteiger partial charge >= 0.3 is 0 Å². The number of rotatable bonds is 3. The molecule has 0 saturated carbocycles. The minimum absolute atomic E-state index is 0.273. The van der Waals surface area contributed by atoms with Gasteiger partial charge in [-0.3, -0.25) is 9.59 Å². The maximum atomic E-state index is 12.8. The Labute approximate surface area is 126 Å². The highest BCUT2D eigenvalue weighted by atomic mass is 16.5. The second-order valence-electron chi connectivity index (χ2n) is 5.77. The predicted octanol–water partition coefficient (Wildman–Crippen LogP) is 0.500. The summed E-state index contributed by atoms with van der Waals surface area (Å²) >= 11 is 0. The summed E-state index contributed by atoms with van der Waals surface area (Å²) in [4.78, 5) is 26.6. The van der Waals surface area contributed by atoms with Crippen molar-refractivity contribution < 1.29 is 24.2 Å². The zero-order chi connectivity index (χ0) is 15.5. The van der Waals surface area contributed by atoms with Gasteiger partial charge in [0.1, 0.15) is 11.4 Å². The zero-order valence-corrected chi connectivity index (χ0v) is 11.9. The van der Waals surface area contributed by atoms with Crippen molar-refractivity contribution in [3.63, 3.8) is 0 Å². The van der Waals surface area contributed by atoms with Gasteiger partial charge in [0.2, 0.25) is 11.8 Å². The van der Waals surface area contributed by atoms with Crippen molar-refractivity contribution in [1.29, 1.82) is 0 Å². The normalized spacial score (nSPS) is 35.4. The molecular formula is C16H15NO5. The number of benzene rings is 1. The van der Waals surface area contributed by atoms with Crippen LogP contribution in [0.1, 0.15) is 0 Å². The van der Waals surface area contributed by atoms with Gasteiger partial charge in [-0.2, -0.15) is 0 Å². The molecule has 4 rings (SSSR count). The van der Waals surface area contributed by atoms with Crippen molar-refractivity contribution in [3.8, 4) is 5.75 Å². The number of methoxy groups -OCH3 is 1. The number of aliphatic hydroxyl groups excluding tert-OH is 1. The highest BCUT2D eigenvalue weighted by Crippen LogP contribution is 2.52. The number of aliphatic hydroxyl groups is 1. The average Bonchev–Trinajstić information content (AvgIpc) is 3.19. The van der Waals surface area contributed by atoms with Crippen LogP contribution in [0.4, 0.5) is 5.69 Å². The van der Waals surface area contributed by atoms with Crippen LogP contribution in [0.25, 0.3) is 0 Å². The van der Waals surface area contributed by atoms with Gasteiger partial charge in [0.25, 0.3) is 0 Å². The Morgan fingerprint density at radius 2 is 2.00 bits per heavy atom. The van der Waals surface area contributed by atoms with E-state index in [0.717, 1.165) is 0 Å². The molecule has 2 amide bonds. The third kappa shape index (κ3) is 1.51. The van der Waals surface area contributed by atoms with E-state index in [0.29, 0.717) is 11.4 Å². The lowest BCUT2D eigenvalue weighted by Crippen LogP contribution is -2.43. The lowest BCUT2D eigenvalue weighted by molar-refractivity contribution is -0.128. The molecule has 114 valence electrons. The van der Waals surface area contributed by atoms with Crippen molar-refractivity contribution in [1.82, 2.24) is 0 Å². The molecule has 2 fully saturated rings. The van der Waals surface area contributed by atoms with E-state index in [-0.39, 0.29) is 18.4 Å². The van der Waals surface area contributed by atoms with Gasteiger partial charge in [0, 0.05) is 0 Å². The monoisotopic (exact) mass is 301 g/mol. The first kappa shape index (κ1) is 13.5. The Morgan fingerprint density at radius 3 is 2.64 bits per heavy atom. The van der Waals surface area contributed by atoms with E-state index in [4.69, 9.17) is 9.47 Å². The molecule has 1 aromatic carbocycles. The number of carbonyl (C=O) groups is 2. The zero-order valence-electron chi connectivity index (χ0n) is 11.9. The number of amides is 2. The molecule has 0 unspecified atom stereocenters. The fourth-order valence-electron chi connectivity index (χ4n) is 3.67. The van der Waals surface area contributed by atoms with Gasteiger partial charge in [-0.15, -0.1) is 0 Å². The minimum Gasteiger partial charge on any atom is -0.497 e. The second-order valence-corrected chi connectivity index (χ2v) is 5.77. The molecule has 2 saturated heterocycles. The Hall–Kier alpha value is -2.18. The number of imide groups is 1. The van der Waals surface area contributed by atoms with Crippen LogP contribution in [-0.2, 0) is 14.3 Å². The van der Waals surface area contributed by atoms with Gasteiger partial charge in [-0.25, -0.2) is 4.90 Å². The molecule has 4 atom stereocenters. The van der Waals surface area contributed by atoms with E-state index in [1.165, 1.54) is 4.90 Å². The summed E-state index contributed by atoms with van der Waals surface area (Å²) in [5.74, 6) is -1.14. The van der Waals surface area contributed by atoms with Crippen LogP contribution in [-0.4, -0.2) is 42.3 Å². The number of hydrogen-bond donors (Lipinski definition) is 1. The van der Waals surface area contributed by atoms with Crippen LogP contribution < -0.4 is 9.64 Å². The number of hydrogen-bond acceptors (Lipinski definition) is 5. The third-order valence-corrected chi connectivity index (χ3v) is 4.73. The Bertz CT molecular complexity index is 682. The number of fused-ring (bicyclic) bond motifs is 5. The van der Waals surface area contributed by atoms with Crippen molar-refractivity contribution in [2.75, 3.05) is 18.6 Å². The third-order valence-electron chi connectivity index (χ3n) is 4.73. The molecule has 0 radical (unpaired) electrons. The topological polar surface area (TPSA) is 76.1 Å². The van der Waals surface area contributed by atoms with Crippen molar-refractivity contribution in [3.05, 3.63) is 36.4 Å². The molecule has 0 aromatic heterocycles. The molecule has 6 heteroatoms. The fourth-order valence-corrected chi connectivity index (χ4v) is 3.67. The molecule has 22 heavy (non-hydrogen) atoms. The summed E-state index contributed by atoms with van der Waals surface area (Å²) in [6.45, 7) is -0.309. The number of carbonyl (C=O) groups excluding carboxylic acids is 2. The van der Waals surface area contributed by atoms with E-state index in [2.05, 4.69) is 0 Å².